The van der Waals surface area contributed by atoms with Gasteiger partial charge in [-0.25, -0.2) is 8.78 Å². The van der Waals surface area contributed by atoms with Crippen molar-refractivity contribution in [2.24, 2.45) is 11.1 Å². The lowest BCUT2D eigenvalue weighted by molar-refractivity contribution is -0.141. The number of rotatable bonds is 26. The number of nitrogens with zero attached hydrogens (tertiary/aromatic N) is 4. The molecular weight excluding hydrogens is 993 g/mol. The number of halogens is 2. The Hall–Kier alpha value is -8.67. The smallest absolute Gasteiger partial charge is 0.254 e. The molecule has 0 saturated carbocycles. The third-order valence-corrected chi connectivity index (χ3v) is 11.8. The summed E-state index contributed by atoms with van der Waals surface area (Å²) in [7, 11) is 0. The molecule has 1 aliphatic rings. The Balaban J connectivity index is 1.39. The zero-order valence-corrected chi connectivity index (χ0v) is 42.3. The standard InChI is InChI=1S/C52H61F2N11O11/c1-31(60-42(68)22-32-14-17-56-18-15-32)49(74)59-26-43(69)61-39(25-41(55)67)51(76)62-38(50(75)58-20-19-57-44(70)29-65-45(71)12-13-46(65)72)16-21-64(47(73)30-66)48(52(2,3)4)40-23-34(36-24-35(53)10-11-37(36)54)28-63(40)27-33-8-6-5-7-9-33/h5-15,17-18,23-24,28,31,38-39,48,66H,16,19-22,25-27,29-30H2,1-4H3,(H2,55,67)(H,57,70)(H,58,75)(H,59,74)(H,60,68)(H,61,69)(H,62,76). The summed E-state index contributed by atoms with van der Waals surface area (Å²) >= 11 is 0. The van der Waals surface area contributed by atoms with Gasteiger partial charge in [-0.05, 0) is 66.3 Å². The van der Waals surface area contributed by atoms with E-state index in [4.69, 9.17) is 5.73 Å². The van der Waals surface area contributed by atoms with Crippen LogP contribution < -0.4 is 37.6 Å². The highest BCUT2D eigenvalue weighted by Crippen LogP contribution is 2.41. The van der Waals surface area contributed by atoms with Crippen molar-refractivity contribution in [2.45, 2.75) is 77.7 Å². The molecule has 2 aromatic heterocycles. The van der Waals surface area contributed by atoms with Crippen LogP contribution >= 0.6 is 0 Å². The fourth-order valence-electron chi connectivity index (χ4n) is 8.23. The van der Waals surface area contributed by atoms with Gasteiger partial charge in [0.15, 0.2) is 0 Å². The first kappa shape index (κ1) is 58.2. The lowest BCUT2D eigenvalue weighted by atomic mass is 9.82. The molecular formula is C52H61F2N11O11. The maximum Gasteiger partial charge on any atom is 0.254 e. The number of hydrogen-bond acceptors (Lipinski definition) is 12. The Morgan fingerprint density at radius 2 is 1.43 bits per heavy atom. The second-order valence-electron chi connectivity index (χ2n) is 18.8. The largest absolute Gasteiger partial charge is 0.387 e. The summed E-state index contributed by atoms with van der Waals surface area (Å²) in [6.45, 7) is 3.71. The van der Waals surface area contributed by atoms with Gasteiger partial charge in [0.25, 0.3) is 11.8 Å². The van der Waals surface area contributed by atoms with E-state index in [0.717, 1.165) is 35.9 Å². The molecule has 0 aliphatic carbocycles. The summed E-state index contributed by atoms with van der Waals surface area (Å²) in [6.07, 6.45) is 5.36. The summed E-state index contributed by atoms with van der Waals surface area (Å²) in [6, 6.07) is 11.6. The van der Waals surface area contributed by atoms with Gasteiger partial charge in [-0.1, -0.05) is 51.1 Å². The number of pyridine rings is 1. The number of aliphatic hydroxyl groups excluding tert-OH is 1. The number of imide groups is 1. The maximum absolute atomic E-state index is 15.4. The number of nitrogens with two attached hydrogens (primary N) is 1. The number of primary amides is 1. The molecule has 404 valence electrons. The van der Waals surface area contributed by atoms with Crippen molar-refractivity contribution >= 4 is 59.1 Å². The number of hydrogen-bond donors (Lipinski definition) is 8. The minimum Gasteiger partial charge on any atom is -0.387 e. The van der Waals surface area contributed by atoms with E-state index >= 15 is 4.39 Å². The summed E-state index contributed by atoms with van der Waals surface area (Å²) in [4.78, 5) is 135. The van der Waals surface area contributed by atoms with Gasteiger partial charge in [0.05, 0.1) is 25.4 Å². The van der Waals surface area contributed by atoms with E-state index in [1.165, 1.54) is 24.2 Å². The first-order valence-corrected chi connectivity index (χ1v) is 24.1. The predicted molar refractivity (Wildman–Crippen MR) is 269 cm³/mol. The van der Waals surface area contributed by atoms with E-state index in [1.807, 2.05) is 30.3 Å². The zero-order valence-electron chi connectivity index (χ0n) is 42.3. The van der Waals surface area contributed by atoms with E-state index < -0.39 is 133 Å². The third kappa shape index (κ3) is 16.9. The molecule has 22 nitrogen and oxygen atoms in total. The lowest BCUT2D eigenvalue weighted by Gasteiger charge is -2.41. The highest BCUT2D eigenvalue weighted by atomic mass is 19.1. The second-order valence-corrected chi connectivity index (χ2v) is 18.8. The van der Waals surface area contributed by atoms with Crippen molar-refractivity contribution in [1.82, 2.24) is 51.3 Å². The summed E-state index contributed by atoms with van der Waals surface area (Å²) in [5, 5.41) is 25.1. The average Bonchev–Trinajstić information content (AvgIpc) is 3.93. The van der Waals surface area contributed by atoms with E-state index in [0.29, 0.717) is 16.2 Å². The molecule has 76 heavy (non-hydrogen) atoms. The third-order valence-electron chi connectivity index (χ3n) is 11.8. The normalized spacial score (nSPS) is 13.7. The highest BCUT2D eigenvalue weighted by Gasteiger charge is 2.38. The number of aromatic nitrogens is 2. The van der Waals surface area contributed by atoms with Gasteiger partial charge in [0.2, 0.25) is 47.3 Å². The first-order chi connectivity index (χ1) is 36.0. The van der Waals surface area contributed by atoms with Crippen LogP contribution in [0.1, 0.15) is 63.4 Å². The molecule has 5 rings (SSSR count). The number of amides is 10. The minimum atomic E-state index is -1.74. The molecule has 1 aliphatic heterocycles. The Labute approximate surface area is 436 Å². The molecule has 0 radical (unpaired) electrons. The Morgan fingerprint density at radius 1 is 0.763 bits per heavy atom. The van der Waals surface area contributed by atoms with Crippen LogP contribution in [0.25, 0.3) is 11.1 Å². The van der Waals surface area contributed by atoms with Crippen molar-refractivity contribution in [1.29, 1.82) is 0 Å². The van der Waals surface area contributed by atoms with Gasteiger partial charge in [-0.2, -0.15) is 0 Å². The van der Waals surface area contributed by atoms with Crippen molar-refractivity contribution in [3.05, 3.63) is 126 Å². The summed E-state index contributed by atoms with van der Waals surface area (Å²) in [5.74, 6) is -9.66. The number of carbonyl (C=O) groups excluding carboxylic acids is 10. The molecule has 24 heteroatoms. The summed E-state index contributed by atoms with van der Waals surface area (Å²) in [5.41, 5.74) is 6.64. The first-order valence-electron chi connectivity index (χ1n) is 24.1. The van der Waals surface area contributed by atoms with Crippen molar-refractivity contribution < 1.29 is 61.8 Å². The highest BCUT2D eigenvalue weighted by molar-refractivity contribution is 6.14. The molecule has 4 unspecified atom stereocenters. The van der Waals surface area contributed by atoms with Crippen LogP contribution in [-0.2, 0) is 60.9 Å². The Bertz CT molecular complexity index is 2800. The SMILES string of the molecule is CC(NC(=O)Cc1ccncc1)C(=O)NCC(=O)NC(CC(N)=O)C(=O)NC(CCN(C(=O)CO)C(c1cc(-c2cc(F)ccc2F)cn1Cc1ccccc1)C(C)(C)C)C(=O)NCCNC(=O)CN1C(=O)C=CC1=O. The molecule has 3 heterocycles. The number of carbonyl (C=O) groups is 10. The molecule has 0 fully saturated rings. The quantitative estimate of drug-likeness (QED) is 0.0306. The van der Waals surface area contributed by atoms with Gasteiger partial charge in [0, 0.05) is 73.7 Å². The minimum absolute atomic E-state index is 0.0551. The van der Waals surface area contributed by atoms with Crippen molar-refractivity contribution in [3.8, 4) is 11.1 Å². The van der Waals surface area contributed by atoms with Gasteiger partial charge in [0.1, 0.15) is 42.9 Å². The molecule has 2 aromatic carbocycles. The number of nitrogens with one attached hydrogen (secondary N) is 6. The predicted octanol–water partition coefficient (Wildman–Crippen LogP) is 0.0408. The molecule has 0 saturated heterocycles. The summed E-state index contributed by atoms with van der Waals surface area (Å²) < 4.78 is 31.7. The van der Waals surface area contributed by atoms with Crippen LogP contribution in [0.2, 0.25) is 0 Å². The van der Waals surface area contributed by atoms with Gasteiger partial charge in [-0.3, -0.25) is 57.8 Å². The van der Waals surface area contributed by atoms with E-state index in [1.54, 1.807) is 49.7 Å². The Morgan fingerprint density at radius 3 is 2.08 bits per heavy atom. The molecule has 9 N–H and O–H groups in total. The molecule has 4 aromatic rings. The molecule has 4 atom stereocenters. The molecule has 0 bridgehead atoms. The van der Waals surface area contributed by atoms with Crippen LogP contribution in [0.4, 0.5) is 8.78 Å². The van der Waals surface area contributed by atoms with Crippen LogP contribution in [0.15, 0.2) is 97.5 Å². The fraction of sp³-hybridized carbons (Fsp3) is 0.365. The van der Waals surface area contributed by atoms with Crippen molar-refractivity contribution in [3.63, 3.8) is 0 Å². The number of aliphatic hydroxyl groups is 1. The van der Waals surface area contributed by atoms with Gasteiger partial charge in [-0.15, -0.1) is 0 Å². The van der Waals surface area contributed by atoms with Crippen LogP contribution in [0, 0.1) is 17.0 Å². The zero-order chi connectivity index (χ0) is 55.7. The van der Waals surface area contributed by atoms with Crippen LogP contribution in [0.5, 0.6) is 0 Å². The van der Waals surface area contributed by atoms with E-state index in [2.05, 4.69) is 36.9 Å². The number of benzene rings is 2. The second kappa shape index (κ2) is 27.0. The van der Waals surface area contributed by atoms with E-state index in [-0.39, 0.29) is 43.7 Å². The monoisotopic (exact) mass is 1050 g/mol. The van der Waals surface area contributed by atoms with E-state index in [9.17, 15) is 57.4 Å². The molecule has 0 spiro atoms. The fourth-order valence-corrected chi connectivity index (χ4v) is 8.23. The van der Waals surface area contributed by atoms with Crippen molar-refractivity contribution in [2.75, 3.05) is 39.3 Å². The topological polar surface area (TPSA) is 313 Å². The average molecular weight is 1050 g/mol. The maximum atomic E-state index is 15.4. The van der Waals surface area contributed by atoms with Crippen LogP contribution in [0.3, 0.4) is 0 Å². The van der Waals surface area contributed by atoms with Crippen LogP contribution in [-0.4, -0.2) is 141 Å². The van der Waals surface area contributed by atoms with Gasteiger partial charge >= 0.3 is 0 Å². The molecule has 10 amide bonds. The van der Waals surface area contributed by atoms with Gasteiger partial charge < -0.3 is 52.2 Å². The Kier molecular flexibility index (Phi) is 20.7. The lowest BCUT2D eigenvalue weighted by Crippen LogP contribution is -2.57.